The van der Waals surface area contributed by atoms with Crippen LogP contribution in [-0.2, 0) is 13.0 Å². The van der Waals surface area contributed by atoms with Gasteiger partial charge in [-0.1, -0.05) is 44.2 Å². The van der Waals surface area contributed by atoms with E-state index in [1.54, 1.807) is 6.33 Å². The van der Waals surface area contributed by atoms with E-state index in [1.165, 1.54) is 18.5 Å². The Labute approximate surface area is 204 Å². The zero-order valence-electron chi connectivity index (χ0n) is 19.1. The van der Waals surface area contributed by atoms with Crippen molar-refractivity contribution in [1.82, 2.24) is 30.3 Å². The predicted octanol–water partition coefficient (Wildman–Crippen LogP) is 3.63. The molecule has 1 aromatic heterocycles. The van der Waals surface area contributed by atoms with E-state index in [-0.39, 0.29) is 30.0 Å². The maximum absolute atomic E-state index is 4.89. The number of aryl methyl sites for hydroxylation is 1. The van der Waals surface area contributed by atoms with Crippen LogP contribution in [0.4, 0.5) is 0 Å². The van der Waals surface area contributed by atoms with Crippen molar-refractivity contribution in [3.8, 4) is 0 Å². The fourth-order valence-electron chi connectivity index (χ4n) is 3.98. The molecular formula is C23H38IN7. The van der Waals surface area contributed by atoms with E-state index in [2.05, 4.69) is 81.4 Å². The maximum Gasteiger partial charge on any atom is 0.192 e. The van der Waals surface area contributed by atoms with Crippen molar-refractivity contribution >= 4 is 29.9 Å². The van der Waals surface area contributed by atoms with Gasteiger partial charge in [0.1, 0.15) is 12.2 Å². The quantitative estimate of drug-likeness (QED) is 0.290. The Morgan fingerprint density at radius 3 is 2.58 bits per heavy atom. The second-order valence-corrected chi connectivity index (χ2v) is 8.06. The highest BCUT2D eigenvalue weighted by molar-refractivity contribution is 14.0. The Balaban J connectivity index is 0.00000341. The van der Waals surface area contributed by atoms with Gasteiger partial charge in [0.2, 0.25) is 0 Å². The van der Waals surface area contributed by atoms with Gasteiger partial charge in [0.05, 0.1) is 12.6 Å². The first-order valence-electron chi connectivity index (χ1n) is 11.4. The summed E-state index contributed by atoms with van der Waals surface area (Å²) in [7, 11) is 0. The number of benzene rings is 1. The molecule has 1 saturated heterocycles. The summed E-state index contributed by atoms with van der Waals surface area (Å²) >= 11 is 0. The number of likely N-dealkylation sites (tertiary alicyclic amines) is 1. The van der Waals surface area contributed by atoms with Crippen LogP contribution in [0, 0.1) is 0 Å². The molecule has 2 heterocycles. The van der Waals surface area contributed by atoms with Crippen LogP contribution < -0.4 is 10.6 Å². The summed E-state index contributed by atoms with van der Waals surface area (Å²) < 4.78 is 2.09. The number of rotatable bonds is 9. The predicted molar refractivity (Wildman–Crippen MR) is 138 cm³/mol. The van der Waals surface area contributed by atoms with E-state index in [0.29, 0.717) is 12.6 Å². The minimum atomic E-state index is 0. The maximum atomic E-state index is 4.89. The topological polar surface area (TPSA) is 70.4 Å². The molecule has 0 bridgehead atoms. The van der Waals surface area contributed by atoms with Crippen LogP contribution in [0.25, 0.3) is 0 Å². The first-order chi connectivity index (χ1) is 14.7. The third-order valence-electron chi connectivity index (χ3n) is 5.74. The van der Waals surface area contributed by atoms with Crippen molar-refractivity contribution in [1.29, 1.82) is 0 Å². The Hall–Kier alpha value is -1.68. The molecule has 1 aliphatic rings. The number of piperidine rings is 1. The van der Waals surface area contributed by atoms with Crippen LogP contribution in [0.5, 0.6) is 0 Å². The van der Waals surface area contributed by atoms with E-state index in [1.807, 2.05) is 0 Å². The molecule has 0 spiro atoms. The van der Waals surface area contributed by atoms with Crippen LogP contribution >= 0.6 is 24.0 Å². The Bertz CT molecular complexity index is 769. The minimum absolute atomic E-state index is 0. The summed E-state index contributed by atoms with van der Waals surface area (Å²) in [6.45, 7) is 11.5. The van der Waals surface area contributed by atoms with Crippen LogP contribution in [0.15, 0.2) is 41.7 Å². The summed E-state index contributed by atoms with van der Waals surface area (Å²) in [4.78, 5) is 7.46. The minimum Gasteiger partial charge on any atom is -0.354 e. The first kappa shape index (κ1) is 25.6. The Kier molecular flexibility index (Phi) is 11.3. The van der Waals surface area contributed by atoms with Gasteiger partial charge in [-0.25, -0.2) is 0 Å². The van der Waals surface area contributed by atoms with Crippen LogP contribution in [-0.4, -0.2) is 57.8 Å². The van der Waals surface area contributed by atoms with Gasteiger partial charge in [-0.05, 0) is 38.3 Å². The Morgan fingerprint density at radius 2 is 1.90 bits per heavy atom. The molecule has 1 fully saturated rings. The second kappa shape index (κ2) is 13.7. The van der Waals surface area contributed by atoms with Gasteiger partial charge < -0.3 is 20.1 Å². The number of nitrogens with one attached hydrogen (secondary N) is 2. The molecule has 2 aromatic rings. The first-order valence-corrected chi connectivity index (χ1v) is 11.4. The standard InChI is InChI=1S/C23H37N7.HI/c1-4-14-29-15-11-21(12-16-29)27-23(26-19(3)20-9-7-6-8-10-20)24-13-17-30-18-25-28-22(30)5-2;/h6-10,18-19,21H,4-5,11-17H2,1-3H3,(H2,24,26,27);1H. The largest absolute Gasteiger partial charge is 0.354 e. The van der Waals surface area contributed by atoms with E-state index in [9.17, 15) is 0 Å². The molecule has 0 radical (unpaired) electrons. The fraction of sp³-hybridized carbons (Fsp3) is 0.609. The normalized spacial score (nSPS) is 16.5. The van der Waals surface area contributed by atoms with Gasteiger partial charge in [0.15, 0.2) is 5.96 Å². The molecule has 8 heteroatoms. The van der Waals surface area contributed by atoms with Gasteiger partial charge in [-0.2, -0.15) is 0 Å². The van der Waals surface area contributed by atoms with Crippen molar-refractivity contribution in [2.24, 2.45) is 4.99 Å². The molecule has 1 atom stereocenters. The molecule has 172 valence electrons. The number of aliphatic imine (C=N–C) groups is 1. The van der Waals surface area contributed by atoms with Gasteiger partial charge in [0, 0.05) is 32.1 Å². The summed E-state index contributed by atoms with van der Waals surface area (Å²) in [5.74, 6) is 1.90. The van der Waals surface area contributed by atoms with E-state index in [4.69, 9.17) is 4.99 Å². The van der Waals surface area contributed by atoms with Gasteiger partial charge in [-0.15, -0.1) is 34.2 Å². The average molecular weight is 540 g/mol. The van der Waals surface area contributed by atoms with Gasteiger partial charge in [-0.3, -0.25) is 4.99 Å². The zero-order valence-corrected chi connectivity index (χ0v) is 21.5. The molecule has 0 saturated carbocycles. The number of nitrogens with zero attached hydrogens (tertiary/aromatic N) is 5. The summed E-state index contributed by atoms with van der Waals surface area (Å²) in [5.41, 5.74) is 1.26. The molecule has 31 heavy (non-hydrogen) atoms. The number of hydrogen-bond acceptors (Lipinski definition) is 4. The van der Waals surface area contributed by atoms with Crippen molar-refractivity contribution < 1.29 is 0 Å². The van der Waals surface area contributed by atoms with Crippen LogP contribution in [0.1, 0.15) is 57.5 Å². The second-order valence-electron chi connectivity index (χ2n) is 8.06. The molecule has 1 unspecified atom stereocenters. The summed E-state index contributed by atoms with van der Waals surface area (Å²) in [6, 6.07) is 11.2. The molecular weight excluding hydrogens is 501 g/mol. The van der Waals surface area contributed by atoms with Gasteiger partial charge >= 0.3 is 0 Å². The van der Waals surface area contributed by atoms with E-state index in [0.717, 1.165) is 50.7 Å². The molecule has 7 nitrogen and oxygen atoms in total. The fourth-order valence-corrected chi connectivity index (χ4v) is 3.98. The number of guanidine groups is 1. The lowest BCUT2D eigenvalue weighted by Gasteiger charge is -2.33. The lowest BCUT2D eigenvalue weighted by Crippen LogP contribution is -2.49. The summed E-state index contributed by atoms with van der Waals surface area (Å²) in [5, 5.41) is 15.5. The van der Waals surface area contributed by atoms with E-state index >= 15 is 0 Å². The molecule has 0 amide bonds. The lowest BCUT2D eigenvalue weighted by atomic mass is 10.0. The molecule has 0 aliphatic carbocycles. The highest BCUT2D eigenvalue weighted by Gasteiger charge is 2.20. The highest BCUT2D eigenvalue weighted by atomic mass is 127. The van der Waals surface area contributed by atoms with Gasteiger partial charge in [0.25, 0.3) is 0 Å². The van der Waals surface area contributed by atoms with Crippen molar-refractivity contribution in [3.05, 3.63) is 48.0 Å². The third-order valence-corrected chi connectivity index (χ3v) is 5.74. The molecule has 1 aliphatic heterocycles. The molecule has 2 N–H and O–H groups in total. The third kappa shape index (κ3) is 8.07. The van der Waals surface area contributed by atoms with Crippen molar-refractivity contribution in [2.45, 2.75) is 65.1 Å². The van der Waals surface area contributed by atoms with Crippen LogP contribution in [0.2, 0.25) is 0 Å². The summed E-state index contributed by atoms with van der Waals surface area (Å²) in [6.07, 6.45) is 6.22. The lowest BCUT2D eigenvalue weighted by molar-refractivity contribution is 0.206. The van der Waals surface area contributed by atoms with Crippen LogP contribution in [0.3, 0.4) is 0 Å². The van der Waals surface area contributed by atoms with Crippen molar-refractivity contribution in [2.75, 3.05) is 26.2 Å². The average Bonchev–Trinajstić information content (AvgIpc) is 3.23. The number of aromatic nitrogens is 3. The number of hydrogen-bond donors (Lipinski definition) is 2. The SMILES string of the molecule is CCCN1CCC(NC(=NCCn2cnnc2CC)NC(C)c2ccccc2)CC1.I. The number of halogens is 1. The van der Waals surface area contributed by atoms with E-state index < -0.39 is 0 Å². The monoisotopic (exact) mass is 539 g/mol. The highest BCUT2D eigenvalue weighted by Crippen LogP contribution is 2.13. The zero-order chi connectivity index (χ0) is 21.2. The van der Waals surface area contributed by atoms with Crippen molar-refractivity contribution in [3.63, 3.8) is 0 Å². The smallest absolute Gasteiger partial charge is 0.192 e. The molecule has 1 aromatic carbocycles. The Morgan fingerprint density at radius 1 is 1.16 bits per heavy atom. The molecule has 3 rings (SSSR count).